The highest BCUT2D eigenvalue weighted by atomic mass is 15.3. The van der Waals surface area contributed by atoms with Gasteiger partial charge in [0.05, 0.1) is 5.69 Å². The first-order chi connectivity index (χ1) is 7.34. The lowest BCUT2D eigenvalue weighted by Gasteiger charge is -2.04. The van der Waals surface area contributed by atoms with Crippen LogP contribution < -0.4 is 0 Å². The number of imidazole rings is 1. The molecule has 0 unspecified atom stereocenters. The first-order valence-electron chi connectivity index (χ1n) is 4.79. The van der Waals surface area contributed by atoms with Crippen molar-refractivity contribution in [1.29, 1.82) is 0 Å². The lowest BCUT2D eigenvalue weighted by atomic mass is 10.4. The minimum absolute atomic E-state index is 0.931. The fourth-order valence-corrected chi connectivity index (χ4v) is 1.66. The molecule has 0 amide bonds. The second-order valence-electron chi connectivity index (χ2n) is 3.44. The molecule has 4 heteroatoms. The molecule has 74 valence electrons. The van der Waals surface area contributed by atoms with Crippen LogP contribution in [0.4, 0.5) is 0 Å². The molecule has 0 atom stereocenters. The van der Waals surface area contributed by atoms with Crippen molar-refractivity contribution in [1.82, 2.24) is 19.2 Å². The average molecular weight is 198 g/mol. The minimum atomic E-state index is 0.931. The summed E-state index contributed by atoms with van der Waals surface area (Å²) in [5.41, 5.74) is 1.94. The fraction of sp³-hybridized carbons (Fsp3) is 0.0909. The highest BCUT2D eigenvalue weighted by Crippen LogP contribution is 2.10. The van der Waals surface area contributed by atoms with Crippen LogP contribution in [-0.4, -0.2) is 19.2 Å². The van der Waals surface area contributed by atoms with Gasteiger partial charge in [-0.25, -0.2) is 9.67 Å². The minimum Gasteiger partial charge on any atom is -0.284 e. The Labute approximate surface area is 86.8 Å². The van der Waals surface area contributed by atoms with Crippen molar-refractivity contribution in [3.63, 3.8) is 0 Å². The molecular weight excluding hydrogens is 188 g/mol. The largest absolute Gasteiger partial charge is 0.284 e. The Morgan fingerprint density at radius 2 is 2.07 bits per heavy atom. The number of hydrogen-bond acceptors (Lipinski definition) is 2. The molecule has 0 bridgehead atoms. The van der Waals surface area contributed by atoms with Crippen LogP contribution in [0.1, 0.15) is 5.69 Å². The Morgan fingerprint density at radius 1 is 1.13 bits per heavy atom. The van der Waals surface area contributed by atoms with Gasteiger partial charge in [0.15, 0.2) is 0 Å². The van der Waals surface area contributed by atoms with E-state index in [4.69, 9.17) is 0 Å². The van der Waals surface area contributed by atoms with Crippen LogP contribution in [0.2, 0.25) is 0 Å². The topological polar surface area (TPSA) is 35.1 Å². The Hall–Kier alpha value is -2.10. The summed E-state index contributed by atoms with van der Waals surface area (Å²) in [6.07, 6.45) is 5.67. The van der Waals surface area contributed by atoms with E-state index in [1.165, 1.54) is 0 Å². The number of aryl methyl sites for hydroxylation is 1. The third kappa shape index (κ3) is 1.22. The zero-order valence-corrected chi connectivity index (χ0v) is 8.33. The smallest absolute Gasteiger partial charge is 0.139 e. The van der Waals surface area contributed by atoms with Crippen molar-refractivity contribution >= 4 is 5.65 Å². The third-order valence-corrected chi connectivity index (χ3v) is 2.36. The van der Waals surface area contributed by atoms with Crippen LogP contribution >= 0.6 is 0 Å². The summed E-state index contributed by atoms with van der Waals surface area (Å²) >= 11 is 0. The summed E-state index contributed by atoms with van der Waals surface area (Å²) in [4.78, 5) is 4.23. The van der Waals surface area contributed by atoms with E-state index in [1.807, 2.05) is 52.7 Å². The Bertz CT molecular complexity index is 606. The van der Waals surface area contributed by atoms with Crippen molar-refractivity contribution in [2.24, 2.45) is 0 Å². The Morgan fingerprint density at radius 3 is 2.87 bits per heavy atom. The molecule has 3 rings (SSSR count). The number of aromatic nitrogens is 4. The summed E-state index contributed by atoms with van der Waals surface area (Å²) < 4.78 is 3.86. The Kier molecular flexibility index (Phi) is 1.62. The van der Waals surface area contributed by atoms with Crippen LogP contribution in [-0.2, 0) is 0 Å². The van der Waals surface area contributed by atoms with Crippen molar-refractivity contribution < 1.29 is 0 Å². The molecule has 15 heavy (non-hydrogen) atoms. The summed E-state index contributed by atoms with van der Waals surface area (Å²) in [5, 5.41) is 4.38. The van der Waals surface area contributed by atoms with Gasteiger partial charge in [0.25, 0.3) is 0 Å². The van der Waals surface area contributed by atoms with Crippen LogP contribution in [0.15, 0.2) is 42.9 Å². The molecule has 3 aromatic heterocycles. The van der Waals surface area contributed by atoms with E-state index < -0.39 is 0 Å². The molecule has 0 N–H and O–H groups in total. The summed E-state index contributed by atoms with van der Waals surface area (Å²) in [6.45, 7) is 1.98. The molecule has 0 aliphatic carbocycles. The lowest BCUT2D eigenvalue weighted by Crippen LogP contribution is -2.01. The zero-order valence-electron chi connectivity index (χ0n) is 8.33. The van der Waals surface area contributed by atoms with Gasteiger partial charge in [-0.15, -0.1) is 0 Å². The lowest BCUT2D eigenvalue weighted by molar-refractivity contribution is 0.817. The molecule has 3 heterocycles. The number of fused-ring (bicyclic) bond motifs is 1. The first kappa shape index (κ1) is 8.23. The van der Waals surface area contributed by atoms with E-state index >= 15 is 0 Å². The third-order valence-electron chi connectivity index (χ3n) is 2.36. The zero-order chi connectivity index (χ0) is 10.3. The van der Waals surface area contributed by atoms with Gasteiger partial charge in [-0.1, -0.05) is 6.07 Å². The van der Waals surface area contributed by atoms with Gasteiger partial charge in [0, 0.05) is 18.6 Å². The number of nitrogens with zero attached hydrogens (tertiary/aromatic N) is 4. The fourth-order valence-electron chi connectivity index (χ4n) is 1.66. The number of hydrogen-bond donors (Lipinski definition) is 0. The summed E-state index contributed by atoms with van der Waals surface area (Å²) in [5.74, 6) is 0.998. The number of pyridine rings is 1. The Balaban J connectivity index is 2.30. The molecule has 0 radical (unpaired) electrons. The van der Waals surface area contributed by atoms with Gasteiger partial charge >= 0.3 is 0 Å². The van der Waals surface area contributed by atoms with Crippen molar-refractivity contribution in [2.45, 2.75) is 6.92 Å². The van der Waals surface area contributed by atoms with E-state index in [1.54, 1.807) is 6.20 Å². The molecular formula is C11H10N4. The van der Waals surface area contributed by atoms with Crippen molar-refractivity contribution in [3.05, 3.63) is 48.5 Å². The SMILES string of the molecule is Cc1ccn(-c2cccc3nccn23)n1. The van der Waals surface area contributed by atoms with Gasteiger partial charge in [-0.3, -0.25) is 4.40 Å². The van der Waals surface area contributed by atoms with E-state index in [0.717, 1.165) is 17.2 Å². The molecule has 0 aliphatic rings. The second-order valence-corrected chi connectivity index (χ2v) is 3.44. The monoisotopic (exact) mass is 198 g/mol. The average Bonchev–Trinajstić information content (AvgIpc) is 2.84. The standard InChI is InChI=1S/C11H10N4/c1-9-5-7-15(13-9)11-4-2-3-10-12-6-8-14(10)11/h2-8H,1H3. The maximum atomic E-state index is 4.38. The molecule has 3 aromatic rings. The maximum Gasteiger partial charge on any atom is 0.139 e. The van der Waals surface area contributed by atoms with Gasteiger partial charge in [0.1, 0.15) is 11.5 Å². The van der Waals surface area contributed by atoms with Crippen LogP contribution in [0.5, 0.6) is 0 Å². The highest BCUT2D eigenvalue weighted by molar-refractivity contribution is 5.44. The normalized spacial score (nSPS) is 11.0. The molecule has 0 aliphatic heterocycles. The van der Waals surface area contributed by atoms with Gasteiger partial charge in [0.2, 0.25) is 0 Å². The van der Waals surface area contributed by atoms with Crippen molar-refractivity contribution in [3.8, 4) is 5.82 Å². The van der Waals surface area contributed by atoms with Crippen LogP contribution in [0, 0.1) is 6.92 Å². The number of rotatable bonds is 1. The van der Waals surface area contributed by atoms with Gasteiger partial charge in [-0.05, 0) is 25.1 Å². The molecule has 0 spiro atoms. The predicted molar refractivity (Wildman–Crippen MR) is 57.1 cm³/mol. The molecule has 0 saturated heterocycles. The van der Waals surface area contributed by atoms with E-state index in [-0.39, 0.29) is 0 Å². The van der Waals surface area contributed by atoms with Crippen LogP contribution in [0.3, 0.4) is 0 Å². The molecule has 0 fully saturated rings. The second kappa shape index (κ2) is 2.95. The maximum absolute atomic E-state index is 4.38. The van der Waals surface area contributed by atoms with E-state index in [0.29, 0.717) is 0 Å². The van der Waals surface area contributed by atoms with Gasteiger partial charge < -0.3 is 0 Å². The molecule has 0 aromatic carbocycles. The van der Waals surface area contributed by atoms with E-state index in [9.17, 15) is 0 Å². The van der Waals surface area contributed by atoms with Crippen molar-refractivity contribution in [2.75, 3.05) is 0 Å². The van der Waals surface area contributed by atoms with Gasteiger partial charge in [-0.2, -0.15) is 5.10 Å². The molecule has 0 saturated carbocycles. The highest BCUT2D eigenvalue weighted by Gasteiger charge is 2.02. The molecule has 4 nitrogen and oxygen atoms in total. The van der Waals surface area contributed by atoms with Crippen LogP contribution in [0.25, 0.3) is 11.5 Å². The predicted octanol–water partition coefficient (Wildman–Crippen LogP) is 1.83. The summed E-state index contributed by atoms with van der Waals surface area (Å²) in [7, 11) is 0. The summed E-state index contributed by atoms with van der Waals surface area (Å²) in [6, 6.07) is 7.95. The first-order valence-corrected chi connectivity index (χ1v) is 4.79. The quantitative estimate of drug-likeness (QED) is 0.598. The van der Waals surface area contributed by atoms with E-state index in [2.05, 4.69) is 10.1 Å².